The third-order valence-corrected chi connectivity index (χ3v) is 3.65. The molecule has 6 heteroatoms. The van der Waals surface area contributed by atoms with Crippen LogP contribution in [0.1, 0.15) is 15.9 Å². The molecule has 2 aromatic carbocycles. The number of carbonyl (C=O) groups is 2. The molecule has 0 saturated heterocycles. The van der Waals surface area contributed by atoms with Crippen molar-refractivity contribution in [2.24, 2.45) is 0 Å². The summed E-state index contributed by atoms with van der Waals surface area (Å²) in [6.45, 7) is 0.816. The van der Waals surface area contributed by atoms with Gasteiger partial charge in [0.25, 0.3) is 0 Å². The van der Waals surface area contributed by atoms with Crippen LogP contribution in [0.15, 0.2) is 48.5 Å². The fraction of sp³-hybridized carbons (Fsp3) is 0.222. The second-order valence-corrected chi connectivity index (χ2v) is 5.58. The Morgan fingerprint density at radius 3 is 2.50 bits per heavy atom. The third-order valence-electron chi connectivity index (χ3n) is 3.40. The molecule has 0 aromatic heterocycles. The Bertz CT molecular complexity index is 702. The number of hydrogen-bond acceptors (Lipinski definition) is 4. The van der Waals surface area contributed by atoms with E-state index in [1.807, 2.05) is 24.3 Å². The van der Waals surface area contributed by atoms with Crippen molar-refractivity contribution in [2.75, 3.05) is 25.5 Å². The zero-order chi connectivity index (χ0) is 17.4. The first-order valence-electron chi connectivity index (χ1n) is 7.52. The van der Waals surface area contributed by atoms with Crippen LogP contribution < -0.4 is 10.6 Å². The summed E-state index contributed by atoms with van der Waals surface area (Å²) in [5.74, 6) is -0.705. The second kappa shape index (κ2) is 9.05. The highest BCUT2D eigenvalue weighted by Crippen LogP contribution is 2.15. The summed E-state index contributed by atoms with van der Waals surface area (Å²) < 4.78 is 4.70. The summed E-state index contributed by atoms with van der Waals surface area (Å²) >= 11 is 5.84. The molecule has 0 aliphatic carbocycles. The van der Waals surface area contributed by atoms with Gasteiger partial charge in [0.1, 0.15) is 0 Å². The molecule has 126 valence electrons. The number of anilines is 1. The summed E-state index contributed by atoms with van der Waals surface area (Å²) in [6, 6.07) is 14.3. The van der Waals surface area contributed by atoms with Crippen LogP contribution in [-0.2, 0) is 16.0 Å². The van der Waals surface area contributed by atoms with Gasteiger partial charge in [-0.2, -0.15) is 0 Å². The molecule has 0 spiro atoms. The zero-order valence-electron chi connectivity index (χ0n) is 13.3. The largest absolute Gasteiger partial charge is 0.465 e. The minimum absolute atomic E-state index is 0.156. The number of ether oxygens (including phenoxy) is 1. The maximum atomic E-state index is 12.0. The molecule has 0 aliphatic heterocycles. The van der Waals surface area contributed by atoms with Crippen molar-refractivity contribution in [3.8, 4) is 0 Å². The van der Waals surface area contributed by atoms with E-state index in [9.17, 15) is 9.59 Å². The predicted molar refractivity (Wildman–Crippen MR) is 94.4 cm³/mol. The molecule has 0 saturated carbocycles. The van der Waals surface area contributed by atoms with Gasteiger partial charge in [-0.25, -0.2) is 4.79 Å². The Kier molecular flexibility index (Phi) is 6.78. The van der Waals surface area contributed by atoms with Crippen LogP contribution in [0.25, 0.3) is 0 Å². The number of halogens is 1. The maximum absolute atomic E-state index is 12.0. The number of carbonyl (C=O) groups excluding carboxylic acids is 2. The minimum Gasteiger partial charge on any atom is -0.465 e. The van der Waals surface area contributed by atoms with Crippen molar-refractivity contribution >= 4 is 29.2 Å². The van der Waals surface area contributed by atoms with E-state index in [1.165, 1.54) is 7.11 Å². The lowest BCUT2D eigenvalue weighted by molar-refractivity contribution is -0.115. The fourth-order valence-corrected chi connectivity index (χ4v) is 2.29. The van der Waals surface area contributed by atoms with Gasteiger partial charge in [0, 0.05) is 5.02 Å². The van der Waals surface area contributed by atoms with Crippen LogP contribution in [0.2, 0.25) is 5.02 Å². The summed E-state index contributed by atoms with van der Waals surface area (Å²) in [5.41, 5.74) is 1.91. The molecule has 0 unspecified atom stereocenters. The summed E-state index contributed by atoms with van der Waals surface area (Å²) in [5, 5.41) is 6.49. The van der Waals surface area contributed by atoms with Crippen LogP contribution in [-0.4, -0.2) is 32.1 Å². The quantitative estimate of drug-likeness (QED) is 0.597. The van der Waals surface area contributed by atoms with Crippen LogP contribution in [0.4, 0.5) is 5.69 Å². The highest BCUT2D eigenvalue weighted by molar-refractivity contribution is 6.30. The van der Waals surface area contributed by atoms with Crippen molar-refractivity contribution in [1.29, 1.82) is 0 Å². The summed E-state index contributed by atoms with van der Waals surface area (Å²) in [4.78, 5) is 23.6. The van der Waals surface area contributed by atoms with Crippen LogP contribution in [0.5, 0.6) is 0 Å². The Morgan fingerprint density at radius 2 is 1.79 bits per heavy atom. The Hall–Kier alpha value is -2.37. The van der Waals surface area contributed by atoms with Crippen LogP contribution >= 0.6 is 11.6 Å². The molecule has 2 rings (SSSR count). The first-order chi connectivity index (χ1) is 11.6. The van der Waals surface area contributed by atoms with Crippen molar-refractivity contribution in [2.45, 2.75) is 6.42 Å². The molecule has 0 bridgehead atoms. The Balaban J connectivity index is 1.79. The molecular formula is C18H19ClN2O3. The number of methoxy groups -OCH3 is 1. The van der Waals surface area contributed by atoms with Crippen LogP contribution in [0, 0.1) is 0 Å². The Labute approximate surface area is 146 Å². The zero-order valence-corrected chi connectivity index (χ0v) is 14.1. The summed E-state index contributed by atoms with van der Waals surface area (Å²) in [7, 11) is 1.30. The number of rotatable bonds is 7. The van der Waals surface area contributed by atoms with Crippen molar-refractivity contribution in [3.05, 3.63) is 64.7 Å². The van der Waals surface area contributed by atoms with E-state index in [0.29, 0.717) is 22.8 Å². The molecule has 0 heterocycles. The van der Waals surface area contributed by atoms with Gasteiger partial charge < -0.3 is 15.4 Å². The van der Waals surface area contributed by atoms with E-state index in [-0.39, 0.29) is 12.5 Å². The SMILES string of the molecule is COC(=O)c1ccccc1NC(=O)CNCCc1ccc(Cl)cc1. The molecular weight excluding hydrogens is 328 g/mol. The van der Waals surface area contributed by atoms with Gasteiger partial charge in [0.15, 0.2) is 0 Å². The number of para-hydroxylation sites is 1. The monoisotopic (exact) mass is 346 g/mol. The van der Waals surface area contributed by atoms with Crippen molar-refractivity contribution < 1.29 is 14.3 Å². The first kappa shape index (κ1) is 18.0. The molecule has 24 heavy (non-hydrogen) atoms. The van der Waals surface area contributed by atoms with Gasteiger partial charge in [-0.3, -0.25) is 4.79 Å². The molecule has 0 radical (unpaired) electrons. The van der Waals surface area contributed by atoms with E-state index in [1.54, 1.807) is 24.3 Å². The molecule has 0 atom stereocenters. The smallest absolute Gasteiger partial charge is 0.339 e. The van der Waals surface area contributed by atoms with Crippen molar-refractivity contribution in [1.82, 2.24) is 5.32 Å². The molecule has 2 N–H and O–H groups in total. The molecule has 1 amide bonds. The van der Waals surface area contributed by atoms with E-state index in [4.69, 9.17) is 16.3 Å². The number of benzene rings is 2. The maximum Gasteiger partial charge on any atom is 0.339 e. The van der Waals surface area contributed by atoms with E-state index in [2.05, 4.69) is 10.6 Å². The summed E-state index contributed by atoms with van der Waals surface area (Å²) in [6.07, 6.45) is 0.795. The third kappa shape index (κ3) is 5.37. The number of esters is 1. The minimum atomic E-state index is -0.485. The van der Waals surface area contributed by atoms with E-state index < -0.39 is 5.97 Å². The van der Waals surface area contributed by atoms with Gasteiger partial charge in [0.05, 0.1) is 24.9 Å². The van der Waals surface area contributed by atoms with E-state index >= 15 is 0 Å². The van der Waals surface area contributed by atoms with Gasteiger partial charge in [-0.15, -0.1) is 0 Å². The average molecular weight is 347 g/mol. The number of nitrogens with one attached hydrogen (secondary N) is 2. The molecule has 5 nitrogen and oxygen atoms in total. The molecule has 0 aliphatic rings. The number of hydrogen-bond donors (Lipinski definition) is 2. The number of amides is 1. The normalized spacial score (nSPS) is 10.2. The van der Waals surface area contributed by atoms with Gasteiger partial charge in [0.2, 0.25) is 5.91 Å². The van der Waals surface area contributed by atoms with Gasteiger partial charge in [-0.05, 0) is 42.8 Å². The molecule has 0 fully saturated rings. The van der Waals surface area contributed by atoms with Crippen LogP contribution in [0.3, 0.4) is 0 Å². The fourth-order valence-electron chi connectivity index (χ4n) is 2.16. The first-order valence-corrected chi connectivity index (χ1v) is 7.90. The van der Waals surface area contributed by atoms with Gasteiger partial charge >= 0.3 is 5.97 Å². The topological polar surface area (TPSA) is 67.4 Å². The average Bonchev–Trinajstić information content (AvgIpc) is 2.60. The second-order valence-electron chi connectivity index (χ2n) is 5.14. The van der Waals surface area contributed by atoms with Crippen molar-refractivity contribution in [3.63, 3.8) is 0 Å². The standard InChI is InChI=1S/C18H19ClN2O3/c1-24-18(23)15-4-2-3-5-16(15)21-17(22)12-20-11-10-13-6-8-14(19)9-7-13/h2-9,20H,10-12H2,1H3,(H,21,22). The highest BCUT2D eigenvalue weighted by Gasteiger charge is 2.12. The highest BCUT2D eigenvalue weighted by atomic mass is 35.5. The molecule has 2 aromatic rings. The van der Waals surface area contributed by atoms with E-state index in [0.717, 1.165) is 12.0 Å². The lowest BCUT2D eigenvalue weighted by Crippen LogP contribution is -2.30. The lowest BCUT2D eigenvalue weighted by atomic mass is 10.1. The predicted octanol–water partition coefficient (Wildman–Crippen LogP) is 2.90. The Morgan fingerprint density at radius 1 is 1.08 bits per heavy atom. The lowest BCUT2D eigenvalue weighted by Gasteiger charge is -2.10. The van der Waals surface area contributed by atoms with Gasteiger partial charge in [-0.1, -0.05) is 35.9 Å².